The Labute approximate surface area is 173 Å². The molecule has 0 spiro atoms. The van der Waals surface area contributed by atoms with E-state index < -0.39 is 25.6 Å². The summed E-state index contributed by atoms with van der Waals surface area (Å²) in [5.41, 5.74) is 0.175. The molecule has 156 valence electrons. The van der Waals surface area contributed by atoms with Gasteiger partial charge in [-0.15, -0.1) is 0 Å². The van der Waals surface area contributed by atoms with Crippen LogP contribution in [0.25, 0.3) is 5.52 Å². The van der Waals surface area contributed by atoms with E-state index in [9.17, 15) is 18.4 Å². The minimum atomic E-state index is -4.22. The van der Waals surface area contributed by atoms with Crippen LogP contribution >= 0.6 is 0 Å². The molecule has 29 heavy (non-hydrogen) atoms. The van der Waals surface area contributed by atoms with E-state index in [2.05, 4.69) is 28.3 Å². The van der Waals surface area contributed by atoms with E-state index >= 15 is 0 Å². The molecule has 2 aliphatic rings. The van der Waals surface area contributed by atoms with E-state index in [4.69, 9.17) is 4.74 Å². The van der Waals surface area contributed by atoms with Gasteiger partial charge in [-0.2, -0.15) is 0 Å². The van der Waals surface area contributed by atoms with Crippen molar-refractivity contribution in [3.63, 3.8) is 0 Å². The molecule has 0 saturated carbocycles. The standard InChI is InChI=1S/C19H22F3N5OSe/c1-13-16(29-19(20,21)22)14-4-3-5-15(27(14)25-13)24-17(2)6-8-26(9-7-17)18(10-23)11-28-12-18/h3-5,24H,6-9,11-12H2,1-2H3. The molecule has 2 fully saturated rings. The Hall–Kier alpha value is -1.79. The van der Waals surface area contributed by atoms with Crippen LogP contribution in [-0.2, 0) is 4.74 Å². The molecule has 0 aromatic carbocycles. The molecule has 6 nitrogen and oxygen atoms in total. The first-order chi connectivity index (χ1) is 13.6. The van der Waals surface area contributed by atoms with Crippen molar-refractivity contribution in [2.24, 2.45) is 0 Å². The first-order valence-corrected chi connectivity index (χ1v) is 11.1. The number of pyridine rings is 1. The summed E-state index contributed by atoms with van der Waals surface area (Å²) in [6.07, 6.45) is 1.62. The van der Waals surface area contributed by atoms with Gasteiger partial charge in [0, 0.05) is 0 Å². The van der Waals surface area contributed by atoms with Gasteiger partial charge in [-0.1, -0.05) is 0 Å². The van der Waals surface area contributed by atoms with Crippen LogP contribution < -0.4 is 9.78 Å². The molecular weight excluding hydrogens is 450 g/mol. The first-order valence-electron chi connectivity index (χ1n) is 9.41. The van der Waals surface area contributed by atoms with Gasteiger partial charge in [-0.25, -0.2) is 0 Å². The zero-order chi connectivity index (χ0) is 20.9. The number of halogens is 3. The van der Waals surface area contributed by atoms with Gasteiger partial charge < -0.3 is 0 Å². The van der Waals surface area contributed by atoms with E-state index in [0.717, 1.165) is 25.9 Å². The number of hydrogen-bond acceptors (Lipinski definition) is 5. The fourth-order valence-electron chi connectivity index (χ4n) is 3.97. The van der Waals surface area contributed by atoms with E-state index in [1.54, 1.807) is 23.6 Å². The average molecular weight is 472 g/mol. The number of piperidine rings is 1. The second kappa shape index (κ2) is 7.17. The number of aryl methyl sites for hydroxylation is 1. The molecule has 2 aromatic rings. The quantitative estimate of drug-likeness (QED) is 0.691. The van der Waals surface area contributed by atoms with Crippen molar-refractivity contribution >= 4 is 30.8 Å². The van der Waals surface area contributed by atoms with E-state index in [-0.39, 0.29) is 10.0 Å². The number of hydrogen-bond donors (Lipinski definition) is 1. The van der Waals surface area contributed by atoms with Crippen LogP contribution in [0.4, 0.5) is 19.0 Å². The SMILES string of the molecule is Cc1nn2c(NC3(C)CCN(C4(C#N)COC4)CC3)cccc2c1[Se]C(F)(F)F. The van der Waals surface area contributed by atoms with Crippen LogP contribution in [0.2, 0.25) is 0 Å². The molecule has 0 atom stereocenters. The number of rotatable bonds is 4. The Balaban J connectivity index is 1.54. The molecular formula is C19H22F3N5OSe. The van der Waals surface area contributed by atoms with Gasteiger partial charge in [0.15, 0.2) is 0 Å². The molecule has 0 aliphatic carbocycles. The van der Waals surface area contributed by atoms with E-state index in [1.165, 1.54) is 0 Å². The number of ether oxygens (including phenoxy) is 1. The van der Waals surface area contributed by atoms with Crippen molar-refractivity contribution in [2.75, 3.05) is 31.6 Å². The van der Waals surface area contributed by atoms with Crippen LogP contribution in [0.3, 0.4) is 0 Å². The number of likely N-dealkylation sites (tertiary alicyclic amines) is 1. The van der Waals surface area contributed by atoms with Gasteiger partial charge in [0.1, 0.15) is 0 Å². The van der Waals surface area contributed by atoms with Crippen LogP contribution in [0.1, 0.15) is 25.5 Å². The second-order valence-electron chi connectivity index (χ2n) is 7.98. The second-order valence-corrected chi connectivity index (χ2v) is 10.2. The summed E-state index contributed by atoms with van der Waals surface area (Å²) < 4.78 is 46.1. The third-order valence-corrected chi connectivity index (χ3v) is 7.76. The van der Waals surface area contributed by atoms with Crippen LogP contribution in [0.5, 0.6) is 0 Å². The third-order valence-electron chi connectivity index (χ3n) is 5.79. The molecule has 0 radical (unpaired) electrons. The molecule has 0 unspecified atom stereocenters. The van der Waals surface area contributed by atoms with Crippen molar-refractivity contribution in [2.45, 2.75) is 42.8 Å². The summed E-state index contributed by atoms with van der Waals surface area (Å²) in [5.74, 6) is 0.688. The van der Waals surface area contributed by atoms with Crippen molar-refractivity contribution in [1.82, 2.24) is 14.5 Å². The first kappa shape index (κ1) is 20.5. The zero-order valence-electron chi connectivity index (χ0n) is 16.2. The molecule has 10 heteroatoms. The monoisotopic (exact) mass is 473 g/mol. The maximum absolute atomic E-state index is 13.0. The topological polar surface area (TPSA) is 65.6 Å². The molecule has 1 N–H and O–H groups in total. The number of aromatic nitrogens is 2. The normalized spacial score (nSPS) is 21.5. The molecule has 0 amide bonds. The van der Waals surface area contributed by atoms with Gasteiger partial charge in [0.05, 0.1) is 0 Å². The van der Waals surface area contributed by atoms with Crippen molar-refractivity contribution in [1.29, 1.82) is 5.26 Å². The Morgan fingerprint density at radius 3 is 2.52 bits per heavy atom. The van der Waals surface area contributed by atoms with Gasteiger partial charge >= 0.3 is 173 Å². The minimum absolute atomic E-state index is 0.235. The fraction of sp³-hybridized carbons (Fsp3) is 0.579. The van der Waals surface area contributed by atoms with Crippen molar-refractivity contribution in [3.05, 3.63) is 23.9 Å². The van der Waals surface area contributed by atoms with Crippen LogP contribution in [0.15, 0.2) is 18.2 Å². The van der Waals surface area contributed by atoms with Crippen molar-refractivity contribution in [3.8, 4) is 6.07 Å². The van der Waals surface area contributed by atoms with E-state index in [1.807, 2.05) is 6.07 Å². The van der Waals surface area contributed by atoms with Gasteiger partial charge in [0.2, 0.25) is 0 Å². The van der Waals surface area contributed by atoms with E-state index in [0.29, 0.717) is 30.2 Å². The number of alkyl halides is 3. The third kappa shape index (κ3) is 3.84. The van der Waals surface area contributed by atoms with Crippen LogP contribution in [0, 0.1) is 18.3 Å². The predicted octanol–water partition coefficient (Wildman–Crippen LogP) is 2.05. The van der Waals surface area contributed by atoms with Gasteiger partial charge in [0.25, 0.3) is 0 Å². The number of nitriles is 1. The summed E-state index contributed by atoms with van der Waals surface area (Å²) in [6, 6.07) is 7.69. The van der Waals surface area contributed by atoms with Crippen molar-refractivity contribution < 1.29 is 17.9 Å². The molecule has 4 heterocycles. The molecule has 0 bridgehead atoms. The summed E-state index contributed by atoms with van der Waals surface area (Å²) in [7, 11) is 0. The average Bonchev–Trinajstić information content (AvgIpc) is 2.92. The molecule has 2 aromatic heterocycles. The Morgan fingerprint density at radius 2 is 1.97 bits per heavy atom. The fourth-order valence-corrected chi connectivity index (χ4v) is 5.40. The number of anilines is 1. The number of nitrogens with zero attached hydrogens (tertiary/aromatic N) is 4. The summed E-state index contributed by atoms with van der Waals surface area (Å²) in [4.78, 5) is 2.18. The Kier molecular flexibility index (Phi) is 5.06. The molecule has 2 saturated heterocycles. The predicted molar refractivity (Wildman–Crippen MR) is 103 cm³/mol. The Bertz CT molecular complexity index is 955. The van der Waals surface area contributed by atoms with Gasteiger partial charge in [-0.3, -0.25) is 0 Å². The number of fused-ring (bicyclic) bond motifs is 1. The summed E-state index contributed by atoms with van der Waals surface area (Å²) >= 11 is -1.64. The zero-order valence-corrected chi connectivity index (χ0v) is 17.9. The summed E-state index contributed by atoms with van der Waals surface area (Å²) in [5, 5.41) is 13.2. The van der Waals surface area contributed by atoms with Crippen LogP contribution in [-0.4, -0.2) is 71.9 Å². The maximum atomic E-state index is 13.0. The Morgan fingerprint density at radius 1 is 1.28 bits per heavy atom. The number of nitrogens with one attached hydrogen (secondary N) is 1. The van der Waals surface area contributed by atoms with Gasteiger partial charge in [-0.05, 0) is 0 Å². The molecule has 4 rings (SSSR count). The molecule has 2 aliphatic heterocycles. The summed E-state index contributed by atoms with van der Waals surface area (Å²) in [6.45, 7) is 6.15.